The van der Waals surface area contributed by atoms with Gasteiger partial charge < -0.3 is 10.8 Å². The third-order valence-electron chi connectivity index (χ3n) is 2.64. The summed E-state index contributed by atoms with van der Waals surface area (Å²) < 4.78 is 0. The lowest BCUT2D eigenvalue weighted by Crippen LogP contribution is -2.50. The van der Waals surface area contributed by atoms with Gasteiger partial charge in [0.15, 0.2) is 0 Å². The third-order valence-corrected chi connectivity index (χ3v) is 2.64. The second-order valence-electron chi connectivity index (χ2n) is 3.96. The second kappa shape index (κ2) is 6.35. The highest BCUT2D eigenvalue weighted by atomic mass is 16.3. The van der Waals surface area contributed by atoms with E-state index in [9.17, 15) is 5.11 Å². The van der Waals surface area contributed by atoms with E-state index in [2.05, 4.69) is 25.7 Å². The van der Waals surface area contributed by atoms with Crippen molar-refractivity contribution < 1.29 is 5.11 Å². The van der Waals surface area contributed by atoms with Gasteiger partial charge in [-0.25, -0.2) is 0 Å². The van der Waals surface area contributed by atoms with Crippen molar-refractivity contribution in [1.29, 1.82) is 0 Å². The number of hydrogen-bond donors (Lipinski definition) is 2. The van der Waals surface area contributed by atoms with Crippen molar-refractivity contribution in [3.63, 3.8) is 0 Å². The Morgan fingerprint density at radius 3 is 2.23 bits per heavy atom. The molecule has 0 aromatic heterocycles. The summed E-state index contributed by atoms with van der Waals surface area (Å²) in [7, 11) is 2.01. The Labute approximate surface area is 81.9 Å². The molecule has 0 aromatic carbocycles. The standard InChI is InChI=1S/C10H24N2O/c1-5-6-9(11)10(7-13)12(4)8(2)3/h8-10,13H,5-7,11H2,1-4H3. The molecule has 0 spiro atoms. The van der Waals surface area contributed by atoms with Crippen LogP contribution in [0.25, 0.3) is 0 Å². The van der Waals surface area contributed by atoms with Crippen LogP contribution in [-0.2, 0) is 0 Å². The Bertz CT molecular complexity index is 128. The quantitative estimate of drug-likeness (QED) is 0.648. The van der Waals surface area contributed by atoms with Gasteiger partial charge in [0.05, 0.1) is 6.61 Å². The number of likely N-dealkylation sites (N-methyl/N-ethyl adjacent to an activating group) is 1. The van der Waals surface area contributed by atoms with Crippen LogP contribution in [0, 0.1) is 0 Å². The second-order valence-corrected chi connectivity index (χ2v) is 3.96. The van der Waals surface area contributed by atoms with E-state index < -0.39 is 0 Å². The van der Waals surface area contributed by atoms with Crippen LogP contribution in [0.1, 0.15) is 33.6 Å². The first-order valence-corrected chi connectivity index (χ1v) is 5.12. The molecule has 80 valence electrons. The number of aliphatic hydroxyl groups excluding tert-OH is 1. The molecule has 0 fully saturated rings. The highest BCUT2D eigenvalue weighted by Gasteiger charge is 2.22. The van der Waals surface area contributed by atoms with E-state index in [0.29, 0.717) is 6.04 Å². The van der Waals surface area contributed by atoms with Crippen molar-refractivity contribution in [2.24, 2.45) is 5.73 Å². The Morgan fingerprint density at radius 2 is 1.92 bits per heavy atom. The molecule has 2 unspecified atom stereocenters. The van der Waals surface area contributed by atoms with Crippen LogP contribution < -0.4 is 5.73 Å². The lowest BCUT2D eigenvalue weighted by Gasteiger charge is -2.34. The molecule has 0 rings (SSSR count). The van der Waals surface area contributed by atoms with Gasteiger partial charge in [0.2, 0.25) is 0 Å². The molecule has 0 amide bonds. The summed E-state index contributed by atoms with van der Waals surface area (Å²) in [6.45, 7) is 6.49. The van der Waals surface area contributed by atoms with Crippen LogP contribution in [0.4, 0.5) is 0 Å². The summed E-state index contributed by atoms with van der Waals surface area (Å²) in [5.41, 5.74) is 5.98. The fourth-order valence-corrected chi connectivity index (χ4v) is 1.47. The smallest absolute Gasteiger partial charge is 0.0601 e. The first-order valence-electron chi connectivity index (χ1n) is 5.12. The van der Waals surface area contributed by atoms with Crippen molar-refractivity contribution in [3.8, 4) is 0 Å². The molecule has 0 aliphatic rings. The first-order chi connectivity index (χ1) is 6.04. The van der Waals surface area contributed by atoms with Crippen LogP contribution in [0.15, 0.2) is 0 Å². The SMILES string of the molecule is CCCC(N)C(CO)N(C)C(C)C. The lowest BCUT2D eigenvalue weighted by molar-refractivity contribution is 0.100. The Hall–Kier alpha value is -0.120. The van der Waals surface area contributed by atoms with E-state index in [4.69, 9.17) is 5.73 Å². The van der Waals surface area contributed by atoms with Crippen molar-refractivity contribution in [1.82, 2.24) is 4.90 Å². The molecule has 13 heavy (non-hydrogen) atoms. The van der Waals surface area contributed by atoms with Gasteiger partial charge in [-0.15, -0.1) is 0 Å². The van der Waals surface area contributed by atoms with Crippen molar-refractivity contribution in [3.05, 3.63) is 0 Å². The fourth-order valence-electron chi connectivity index (χ4n) is 1.47. The molecule has 0 heterocycles. The molecule has 3 N–H and O–H groups in total. The monoisotopic (exact) mass is 188 g/mol. The van der Waals surface area contributed by atoms with Crippen molar-refractivity contribution in [2.45, 2.75) is 51.7 Å². The van der Waals surface area contributed by atoms with Gasteiger partial charge >= 0.3 is 0 Å². The van der Waals surface area contributed by atoms with Gasteiger partial charge in [-0.2, -0.15) is 0 Å². The predicted molar refractivity (Wildman–Crippen MR) is 56.7 cm³/mol. The van der Waals surface area contributed by atoms with Gasteiger partial charge in [-0.3, -0.25) is 4.90 Å². The average Bonchev–Trinajstić information content (AvgIpc) is 2.05. The Morgan fingerprint density at radius 1 is 1.38 bits per heavy atom. The molecule has 0 aromatic rings. The minimum absolute atomic E-state index is 0.0856. The third kappa shape index (κ3) is 4.07. The summed E-state index contributed by atoms with van der Waals surface area (Å²) in [5, 5.41) is 9.22. The molecule has 0 aliphatic heterocycles. The summed E-state index contributed by atoms with van der Waals surface area (Å²) in [4.78, 5) is 2.14. The zero-order valence-electron chi connectivity index (χ0n) is 9.33. The minimum atomic E-state index is 0.0856. The zero-order valence-corrected chi connectivity index (χ0v) is 9.33. The van der Waals surface area contributed by atoms with E-state index in [-0.39, 0.29) is 18.7 Å². The summed E-state index contributed by atoms with van der Waals surface area (Å²) in [5.74, 6) is 0. The van der Waals surface area contributed by atoms with Gasteiger partial charge in [0.25, 0.3) is 0 Å². The minimum Gasteiger partial charge on any atom is -0.395 e. The zero-order chi connectivity index (χ0) is 10.4. The van der Waals surface area contributed by atoms with E-state index in [1.807, 2.05) is 7.05 Å². The van der Waals surface area contributed by atoms with Crippen molar-refractivity contribution >= 4 is 0 Å². The Kier molecular flexibility index (Phi) is 6.29. The van der Waals surface area contributed by atoms with E-state index in [0.717, 1.165) is 12.8 Å². The molecule has 0 bridgehead atoms. The molecule has 0 saturated carbocycles. The highest BCUT2D eigenvalue weighted by molar-refractivity contribution is 4.81. The van der Waals surface area contributed by atoms with E-state index in [1.165, 1.54) is 0 Å². The van der Waals surface area contributed by atoms with Gasteiger partial charge in [-0.1, -0.05) is 13.3 Å². The maximum Gasteiger partial charge on any atom is 0.0601 e. The molecular formula is C10H24N2O. The number of rotatable bonds is 6. The van der Waals surface area contributed by atoms with Gasteiger partial charge in [0.1, 0.15) is 0 Å². The van der Waals surface area contributed by atoms with Crippen LogP contribution >= 0.6 is 0 Å². The summed E-state index contributed by atoms with van der Waals surface area (Å²) >= 11 is 0. The van der Waals surface area contributed by atoms with Crippen molar-refractivity contribution in [2.75, 3.05) is 13.7 Å². The van der Waals surface area contributed by atoms with Crippen LogP contribution in [0.5, 0.6) is 0 Å². The number of nitrogens with two attached hydrogens (primary N) is 1. The number of aliphatic hydroxyl groups is 1. The maximum absolute atomic E-state index is 9.22. The molecule has 0 aliphatic carbocycles. The van der Waals surface area contributed by atoms with E-state index >= 15 is 0 Å². The predicted octanol–water partition coefficient (Wildman–Crippen LogP) is 0.815. The van der Waals surface area contributed by atoms with Crippen LogP contribution in [0.2, 0.25) is 0 Å². The normalized spacial score (nSPS) is 16.6. The topological polar surface area (TPSA) is 49.5 Å². The molecule has 0 radical (unpaired) electrons. The van der Waals surface area contributed by atoms with E-state index in [1.54, 1.807) is 0 Å². The fraction of sp³-hybridized carbons (Fsp3) is 1.00. The number of hydrogen-bond acceptors (Lipinski definition) is 3. The Balaban J connectivity index is 4.14. The number of nitrogens with zero attached hydrogens (tertiary/aromatic N) is 1. The molecule has 2 atom stereocenters. The highest BCUT2D eigenvalue weighted by Crippen LogP contribution is 2.08. The average molecular weight is 188 g/mol. The van der Waals surface area contributed by atoms with Crippen LogP contribution in [-0.4, -0.2) is 41.8 Å². The molecular weight excluding hydrogens is 164 g/mol. The molecule has 3 heteroatoms. The first kappa shape index (κ1) is 12.9. The largest absolute Gasteiger partial charge is 0.395 e. The maximum atomic E-state index is 9.22. The van der Waals surface area contributed by atoms with Gasteiger partial charge in [-0.05, 0) is 27.3 Å². The van der Waals surface area contributed by atoms with Crippen LogP contribution in [0.3, 0.4) is 0 Å². The molecule has 0 saturated heterocycles. The lowest BCUT2D eigenvalue weighted by atomic mass is 10.0. The summed E-state index contributed by atoms with van der Waals surface area (Å²) in [6.07, 6.45) is 2.05. The van der Waals surface area contributed by atoms with Gasteiger partial charge in [0, 0.05) is 18.1 Å². The summed E-state index contributed by atoms with van der Waals surface area (Å²) in [6, 6.07) is 0.613. The molecule has 3 nitrogen and oxygen atoms in total.